The predicted molar refractivity (Wildman–Crippen MR) is 118 cm³/mol. The van der Waals surface area contributed by atoms with Crippen LogP contribution in [0.25, 0.3) is 0 Å². The molecule has 0 aliphatic rings. The summed E-state index contributed by atoms with van der Waals surface area (Å²) in [7, 11) is 4.29. The Hall–Kier alpha value is -2.34. The van der Waals surface area contributed by atoms with Crippen molar-refractivity contribution < 1.29 is 0 Å². The summed E-state index contributed by atoms with van der Waals surface area (Å²) in [5.41, 5.74) is 2.47. The molecule has 0 bridgehead atoms. The minimum absolute atomic E-state index is 0.482. The van der Waals surface area contributed by atoms with Crippen LogP contribution in [0.1, 0.15) is 38.3 Å². The first-order valence-electron chi connectivity index (χ1n) is 10.2. The molecule has 1 unspecified atom stereocenters. The van der Waals surface area contributed by atoms with Gasteiger partial charge >= 0.3 is 0 Å². The van der Waals surface area contributed by atoms with E-state index >= 15 is 0 Å². The van der Waals surface area contributed by atoms with Crippen LogP contribution in [0.4, 0.5) is 0 Å². The summed E-state index contributed by atoms with van der Waals surface area (Å²) in [4.78, 5) is 7.12. The number of benzene rings is 1. The van der Waals surface area contributed by atoms with Crippen molar-refractivity contribution >= 4 is 5.96 Å². The third-order valence-corrected chi connectivity index (χ3v) is 4.74. The van der Waals surface area contributed by atoms with Gasteiger partial charge in [-0.05, 0) is 50.6 Å². The lowest BCUT2D eigenvalue weighted by Crippen LogP contribution is -2.45. The van der Waals surface area contributed by atoms with Crippen molar-refractivity contribution in [1.29, 1.82) is 0 Å². The highest BCUT2D eigenvalue weighted by molar-refractivity contribution is 5.79. The van der Waals surface area contributed by atoms with Crippen LogP contribution in [0.15, 0.2) is 47.7 Å². The highest BCUT2D eigenvalue weighted by Crippen LogP contribution is 2.12. The fraction of sp³-hybridized carbons (Fsp3) is 0.545. The van der Waals surface area contributed by atoms with Gasteiger partial charge in [0.2, 0.25) is 0 Å². The Kier molecular flexibility index (Phi) is 9.01. The Bertz CT molecular complexity index is 706. The van der Waals surface area contributed by atoms with Crippen LogP contribution in [0, 0.1) is 5.92 Å². The van der Waals surface area contributed by atoms with Crippen LogP contribution >= 0.6 is 0 Å². The number of aliphatic imine (C=N–C) groups is 1. The summed E-state index contributed by atoms with van der Waals surface area (Å²) in [6, 6.07) is 10.9. The molecule has 1 atom stereocenters. The highest BCUT2D eigenvalue weighted by atomic mass is 15.3. The molecule has 0 saturated carbocycles. The SMILES string of the molecule is CCNC(=NCc1ccccc1Cn1cccn1)NCC(CC(C)C)N(C)C. The number of nitrogens with zero attached hydrogens (tertiary/aromatic N) is 4. The lowest BCUT2D eigenvalue weighted by atomic mass is 10.0. The van der Waals surface area contributed by atoms with E-state index in [-0.39, 0.29) is 0 Å². The smallest absolute Gasteiger partial charge is 0.191 e. The average molecular weight is 385 g/mol. The van der Waals surface area contributed by atoms with E-state index in [4.69, 9.17) is 4.99 Å². The molecule has 1 aromatic heterocycles. The molecule has 0 spiro atoms. The number of likely N-dealkylation sites (N-methyl/N-ethyl adjacent to an activating group) is 1. The van der Waals surface area contributed by atoms with Crippen molar-refractivity contribution in [2.75, 3.05) is 27.2 Å². The predicted octanol–water partition coefficient (Wildman–Crippen LogP) is 2.96. The van der Waals surface area contributed by atoms with E-state index < -0.39 is 0 Å². The van der Waals surface area contributed by atoms with Gasteiger partial charge in [-0.3, -0.25) is 4.68 Å². The Labute approximate surface area is 170 Å². The van der Waals surface area contributed by atoms with Crippen molar-refractivity contribution in [3.05, 3.63) is 53.9 Å². The van der Waals surface area contributed by atoms with Gasteiger partial charge in [0.15, 0.2) is 5.96 Å². The summed E-state index contributed by atoms with van der Waals surface area (Å²) in [5.74, 6) is 1.54. The Morgan fingerprint density at radius 3 is 2.50 bits per heavy atom. The maximum absolute atomic E-state index is 4.83. The van der Waals surface area contributed by atoms with Crippen LogP contribution in [0.5, 0.6) is 0 Å². The third kappa shape index (κ3) is 7.35. The zero-order valence-electron chi connectivity index (χ0n) is 18.0. The Morgan fingerprint density at radius 1 is 1.14 bits per heavy atom. The highest BCUT2D eigenvalue weighted by Gasteiger charge is 2.14. The molecule has 6 heteroatoms. The second-order valence-electron chi connectivity index (χ2n) is 7.80. The normalized spacial score (nSPS) is 13.2. The quantitative estimate of drug-likeness (QED) is 0.488. The monoisotopic (exact) mass is 384 g/mol. The number of hydrogen-bond donors (Lipinski definition) is 2. The first kappa shape index (κ1) is 22.0. The van der Waals surface area contributed by atoms with Gasteiger partial charge < -0.3 is 15.5 Å². The number of hydrogen-bond acceptors (Lipinski definition) is 3. The van der Waals surface area contributed by atoms with Crippen molar-refractivity contribution in [3.8, 4) is 0 Å². The summed E-state index contributed by atoms with van der Waals surface area (Å²) >= 11 is 0. The minimum Gasteiger partial charge on any atom is -0.357 e. The van der Waals surface area contributed by atoms with E-state index in [2.05, 4.69) is 79.8 Å². The fourth-order valence-electron chi connectivity index (χ4n) is 3.18. The van der Waals surface area contributed by atoms with E-state index in [0.717, 1.165) is 32.0 Å². The molecule has 1 aromatic carbocycles. The molecule has 6 nitrogen and oxygen atoms in total. The molecule has 0 aliphatic carbocycles. The van der Waals surface area contributed by atoms with E-state index in [1.165, 1.54) is 11.1 Å². The summed E-state index contributed by atoms with van der Waals surface area (Å²) < 4.78 is 1.94. The van der Waals surface area contributed by atoms with Crippen LogP contribution in [0.3, 0.4) is 0 Å². The molecule has 2 N–H and O–H groups in total. The zero-order valence-corrected chi connectivity index (χ0v) is 18.0. The maximum atomic E-state index is 4.83. The first-order chi connectivity index (χ1) is 13.5. The molecule has 0 saturated heterocycles. The van der Waals surface area contributed by atoms with Gasteiger partial charge in [0.05, 0.1) is 13.1 Å². The molecule has 0 aliphatic heterocycles. The molecule has 0 amide bonds. The summed E-state index contributed by atoms with van der Waals surface area (Å²) in [6.45, 7) is 9.77. The molecule has 154 valence electrons. The summed E-state index contributed by atoms with van der Waals surface area (Å²) in [5, 5.41) is 11.2. The summed E-state index contributed by atoms with van der Waals surface area (Å²) in [6.07, 6.45) is 4.96. The number of rotatable bonds is 10. The van der Waals surface area contributed by atoms with Gasteiger partial charge in [-0.2, -0.15) is 5.10 Å². The van der Waals surface area contributed by atoms with E-state index in [1.54, 1.807) is 0 Å². The van der Waals surface area contributed by atoms with Gasteiger partial charge in [-0.1, -0.05) is 38.1 Å². The molecule has 2 aromatic rings. The van der Waals surface area contributed by atoms with Crippen molar-refractivity contribution in [2.45, 2.75) is 46.3 Å². The van der Waals surface area contributed by atoms with Crippen molar-refractivity contribution in [2.24, 2.45) is 10.9 Å². The van der Waals surface area contributed by atoms with Gasteiger partial charge in [-0.25, -0.2) is 4.99 Å². The standard InChI is InChI=1S/C22H36N6/c1-6-23-22(25-16-21(27(4)5)14-18(2)3)24-15-19-10-7-8-11-20(19)17-28-13-9-12-26-28/h7-13,18,21H,6,14-17H2,1-5H3,(H2,23,24,25). The largest absolute Gasteiger partial charge is 0.357 e. The molecular formula is C22H36N6. The molecule has 2 rings (SSSR count). The number of guanidine groups is 1. The van der Waals surface area contributed by atoms with Crippen LogP contribution in [-0.4, -0.2) is 53.9 Å². The molecule has 1 heterocycles. The molecule has 28 heavy (non-hydrogen) atoms. The maximum Gasteiger partial charge on any atom is 0.191 e. The first-order valence-corrected chi connectivity index (χ1v) is 10.2. The fourth-order valence-corrected chi connectivity index (χ4v) is 3.18. The zero-order chi connectivity index (χ0) is 20.4. The van der Waals surface area contributed by atoms with Crippen molar-refractivity contribution in [1.82, 2.24) is 25.3 Å². The Morgan fingerprint density at radius 2 is 1.89 bits per heavy atom. The van der Waals surface area contributed by atoms with Gasteiger partial charge in [0, 0.05) is 31.5 Å². The van der Waals surface area contributed by atoms with Crippen molar-refractivity contribution in [3.63, 3.8) is 0 Å². The third-order valence-electron chi connectivity index (χ3n) is 4.74. The van der Waals surface area contributed by atoms with Crippen LogP contribution < -0.4 is 10.6 Å². The topological polar surface area (TPSA) is 57.5 Å². The van der Waals surface area contributed by atoms with Gasteiger partial charge in [0.1, 0.15) is 0 Å². The Balaban J connectivity index is 2.04. The van der Waals surface area contributed by atoms with Gasteiger partial charge in [-0.15, -0.1) is 0 Å². The number of nitrogens with one attached hydrogen (secondary N) is 2. The molecule has 0 fully saturated rings. The molecular weight excluding hydrogens is 348 g/mol. The van der Waals surface area contributed by atoms with Gasteiger partial charge in [0.25, 0.3) is 0 Å². The second-order valence-corrected chi connectivity index (χ2v) is 7.80. The van der Waals surface area contributed by atoms with Crippen LogP contribution in [0.2, 0.25) is 0 Å². The van der Waals surface area contributed by atoms with Crippen LogP contribution in [-0.2, 0) is 13.1 Å². The van der Waals surface area contributed by atoms with E-state index in [9.17, 15) is 0 Å². The molecule has 0 radical (unpaired) electrons. The van der Waals surface area contributed by atoms with E-state index in [0.29, 0.717) is 18.5 Å². The lowest BCUT2D eigenvalue weighted by molar-refractivity contribution is 0.254. The lowest BCUT2D eigenvalue weighted by Gasteiger charge is -2.27. The van der Waals surface area contributed by atoms with E-state index in [1.807, 2.05) is 23.1 Å². The minimum atomic E-state index is 0.482. The average Bonchev–Trinajstić information content (AvgIpc) is 3.16. The second kappa shape index (κ2) is 11.5. The number of aromatic nitrogens is 2.